The quantitative estimate of drug-likeness (QED) is 0.663. The minimum Gasteiger partial charge on any atom is -0.480 e. The largest absolute Gasteiger partial charge is 0.480 e. The molecule has 0 aliphatic carbocycles. The highest BCUT2D eigenvalue weighted by molar-refractivity contribution is 8.26. The van der Waals surface area contributed by atoms with Crippen molar-refractivity contribution in [2.45, 2.75) is 19.4 Å². The van der Waals surface area contributed by atoms with Crippen molar-refractivity contribution in [3.05, 3.63) is 41.2 Å². The second-order valence-electron chi connectivity index (χ2n) is 4.21. The predicted octanol–water partition coefficient (Wildman–Crippen LogP) is 2.90. The monoisotopic (exact) mass is 323 g/mol. The van der Waals surface area contributed by atoms with Crippen molar-refractivity contribution in [2.24, 2.45) is 0 Å². The molecule has 1 aromatic rings. The third-order valence-corrected chi connectivity index (χ3v) is 4.21. The second-order valence-corrected chi connectivity index (χ2v) is 5.89. The van der Waals surface area contributed by atoms with Crippen LogP contribution >= 0.6 is 24.0 Å². The van der Waals surface area contributed by atoms with E-state index in [9.17, 15) is 9.59 Å². The minimum atomic E-state index is -1.05. The number of allylic oxidation sites excluding steroid dienone is 2. The highest BCUT2D eigenvalue weighted by Crippen LogP contribution is 2.33. The van der Waals surface area contributed by atoms with Crippen LogP contribution in [0, 0.1) is 0 Å². The summed E-state index contributed by atoms with van der Waals surface area (Å²) in [5, 5.41) is 9.15. The third kappa shape index (κ3) is 3.43. The minimum absolute atomic E-state index is 0.270. The molecule has 1 aromatic heterocycles. The first-order chi connectivity index (χ1) is 10.0. The number of hydrogen-bond donors (Lipinski definition) is 1. The summed E-state index contributed by atoms with van der Waals surface area (Å²) in [7, 11) is 0. The van der Waals surface area contributed by atoms with Crippen LogP contribution in [0.15, 0.2) is 39.9 Å². The fraction of sp³-hybridized carbons (Fsp3) is 0.214. The summed E-state index contributed by atoms with van der Waals surface area (Å²) in [5.74, 6) is -0.761. The number of rotatable bonds is 5. The molecule has 1 atom stereocenters. The molecular formula is C14H13NO4S2. The molecule has 110 valence electrons. The lowest BCUT2D eigenvalue weighted by Crippen LogP contribution is -2.43. The number of aliphatic carboxylic acids is 1. The van der Waals surface area contributed by atoms with Crippen LogP contribution in [0.25, 0.3) is 6.08 Å². The highest BCUT2D eigenvalue weighted by atomic mass is 32.2. The van der Waals surface area contributed by atoms with E-state index in [0.29, 0.717) is 17.1 Å². The Hall–Kier alpha value is -1.86. The van der Waals surface area contributed by atoms with Crippen molar-refractivity contribution in [3.8, 4) is 0 Å². The number of thiocarbonyl (C=S) groups is 1. The molecule has 1 fully saturated rings. The maximum atomic E-state index is 12.2. The second kappa shape index (κ2) is 6.73. The Bertz CT molecular complexity index is 619. The lowest BCUT2D eigenvalue weighted by atomic mass is 10.2. The molecule has 0 bridgehead atoms. The molecule has 1 N–H and O–H groups in total. The van der Waals surface area contributed by atoms with Crippen molar-refractivity contribution in [1.82, 2.24) is 4.90 Å². The van der Waals surface area contributed by atoms with Crippen molar-refractivity contribution < 1.29 is 19.1 Å². The molecule has 0 spiro atoms. The summed E-state index contributed by atoms with van der Waals surface area (Å²) in [6, 6.07) is 2.63. The van der Waals surface area contributed by atoms with E-state index >= 15 is 0 Å². The number of carboxylic acids is 1. The van der Waals surface area contributed by atoms with Gasteiger partial charge in [-0.1, -0.05) is 37.0 Å². The zero-order valence-electron chi connectivity index (χ0n) is 11.2. The fourth-order valence-corrected chi connectivity index (χ4v) is 3.16. The predicted molar refractivity (Wildman–Crippen MR) is 84.6 cm³/mol. The van der Waals surface area contributed by atoms with Gasteiger partial charge in [0.2, 0.25) is 0 Å². The molecule has 2 rings (SSSR count). The van der Waals surface area contributed by atoms with E-state index in [1.165, 1.54) is 0 Å². The van der Waals surface area contributed by atoms with Gasteiger partial charge < -0.3 is 9.52 Å². The number of carbonyl (C=O) groups excluding carboxylic acids is 1. The number of carbonyl (C=O) groups is 2. The molecule has 0 radical (unpaired) electrons. The first-order valence-electron chi connectivity index (χ1n) is 6.24. The van der Waals surface area contributed by atoms with Gasteiger partial charge in [-0.2, -0.15) is 0 Å². The van der Waals surface area contributed by atoms with E-state index in [1.54, 1.807) is 43.5 Å². The normalized spacial score (nSPS) is 18.9. The van der Waals surface area contributed by atoms with Gasteiger partial charge in [0, 0.05) is 0 Å². The highest BCUT2D eigenvalue weighted by Gasteiger charge is 2.39. The van der Waals surface area contributed by atoms with Gasteiger partial charge in [-0.05, 0) is 30.7 Å². The third-order valence-electron chi connectivity index (χ3n) is 2.86. The van der Waals surface area contributed by atoms with Gasteiger partial charge >= 0.3 is 5.97 Å². The first kappa shape index (κ1) is 15.5. The topological polar surface area (TPSA) is 70.8 Å². The summed E-state index contributed by atoms with van der Waals surface area (Å²) < 4.78 is 5.40. The fourth-order valence-electron chi connectivity index (χ4n) is 1.85. The maximum absolute atomic E-state index is 12.2. The Balaban J connectivity index is 2.15. The summed E-state index contributed by atoms with van der Waals surface area (Å²) in [5.41, 5.74) is 0. The van der Waals surface area contributed by atoms with Gasteiger partial charge in [-0.25, -0.2) is 4.79 Å². The molecule has 2 heterocycles. The molecule has 0 aromatic carbocycles. The Morgan fingerprint density at radius 1 is 1.62 bits per heavy atom. The molecule has 21 heavy (non-hydrogen) atoms. The standard InChI is InChI=1S/C14H13NO4S2/c1-2-10(13(17)18)15-12(16)11(21-14(15)20)7-3-5-9-6-4-8-19-9/h3-8,10H,2H2,1H3,(H,17,18)/b5-3+,11-7+/t10-/m1/s1. The smallest absolute Gasteiger partial charge is 0.326 e. The molecule has 0 unspecified atom stereocenters. The van der Waals surface area contributed by atoms with Crippen molar-refractivity contribution in [1.29, 1.82) is 0 Å². The first-order valence-corrected chi connectivity index (χ1v) is 7.47. The molecule has 1 aliphatic rings. The molecule has 7 heteroatoms. The Morgan fingerprint density at radius 3 is 2.95 bits per heavy atom. The van der Waals surface area contributed by atoms with Gasteiger partial charge in [0.15, 0.2) is 0 Å². The lowest BCUT2D eigenvalue weighted by Gasteiger charge is -2.21. The average Bonchev–Trinajstić information content (AvgIpc) is 3.03. The number of amides is 1. The summed E-state index contributed by atoms with van der Waals surface area (Å²) >= 11 is 6.21. The average molecular weight is 323 g/mol. The van der Waals surface area contributed by atoms with Gasteiger partial charge in [-0.15, -0.1) is 0 Å². The van der Waals surface area contributed by atoms with Crippen LogP contribution in [0.2, 0.25) is 0 Å². The Morgan fingerprint density at radius 2 is 2.38 bits per heavy atom. The van der Waals surface area contributed by atoms with Gasteiger partial charge in [0.1, 0.15) is 16.1 Å². The van der Waals surface area contributed by atoms with Gasteiger partial charge in [-0.3, -0.25) is 9.69 Å². The van der Waals surface area contributed by atoms with E-state index < -0.39 is 12.0 Å². The molecule has 1 saturated heterocycles. The van der Waals surface area contributed by atoms with Crippen LogP contribution in [-0.4, -0.2) is 32.2 Å². The number of nitrogens with zero attached hydrogens (tertiary/aromatic N) is 1. The SMILES string of the molecule is CC[C@H](C(=O)O)N1C(=O)/C(=C\C=C\c2ccco2)SC1=S. The zero-order valence-corrected chi connectivity index (χ0v) is 12.8. The van der Waals surface area contributed by atoms with Crippen LogP contribution in [0.4, 0.5) is 0 Å². The number of hydrogen-bond acceptors (Lipinski definition) is 5. The molecule has 1 amide bonds. The lowest BCUT2D eigenvalue weighted by molar-refractivity contribution is -0.145. The summed E-state index contributed by atoms with van der Waals surface area (Å²) in [6.07, 6.45) is 6.85. The number of carboxylic acid groups (broad SMARTS) is 1. The van der Waals surface area contributed by atoms with Crippen LogP contribution in [0.1, 0.15) is 19.1 Å². The zero-order chi connectivity index (χ0) is 15.4. The summed E-state index contributed by atoms with van der Waals surface area (Å²) in [6.45, 7) is 1.71. The van der Waals surface area contributed by atoms with E-state index in [2.05, 4.69) is 0 Å². The van der Waals surface area contributed by atoms with E-state index in [1.807, 2.05) is 0 Å². The molecule has 1 aliphatic heterocycles. The van der Waals surface area contributed by atoms with Crippen LogP contribution in [-0.2, 0) is 9.59 Å². The van der Waals surface area contributed by atoms with Gasteiger partial charge in [0.05, 0.1) is 11.2 Å². The van der Waals surface area contributed by atoms with E-state index in [0.717, 1.165) is 16.7 Å². The molecular weight excluding hydrogens is 310 g/mol. The Kier molecular flexibility index (Phi) is 4.98. The van der Waals surface area contributed by atoms with Crippen LogP contribution in [0.3, 0.4) is 0 Å². The number of furan rings is 1. The van der Waals surface area contributed by atoms with Crippen molar-refractivity contribution in [2.75, 3.05) is 0 Å². The molecule has 0 saturated carbocycles. The number of thioether (sulfide) groups is 1. The van der Waals surface area contributed by atoms with Crippen molar-refractivity contribution >= 4 is 46.3 Å². The Labute approximate surface area is 131 Å². The summed E-state index contributed by atoms with van der Waals surface area (Å²) in [4.78, 5) is 25.0. The molecule has 5 nitrogen and oxygen atoms in total. The maximum Gasteiger partial charge on any atom is 0.326 e. The van der Waals surface area contributed by atoms with Crippen LogP contribution < -0.4 is 0 Å². The van der Waals surface area contributed by atoms with Crippen LogP contribution in [0.5, 0.6) is 0 Å². The van der Waals surface area contributed by atoms with Crippen molar-refractivity contribution in [3.63, 3.8) is 0 Å². The van der Waals surface area contributed by atoms with E-state index in [-0.39, 0.29) is 10.2 Å². The van der Waals surface area contributed by atoms with E-state index in [4.69, 9.17) is 21.7 Å². The van der Waals surface area contributed by atoms with Gasteiger partial charge in [0.25, 0.3) is 5.91 Å².